The number of benzene rings is 1. The summed E-state index contributed by atoms with van der Waals surface area (Å²) in [7, 11) is -4.10. The third-order valence-electron chi connectivity index (χ3n) is 4.58. The van der Waals surface area contributed by atoms with Gasteiger partial charge in [-0.25, -0.2) is 0 Å². The number of sulfonamides is 1. The molecule has 0 amide bonds. The highest BCUT2D eigenvalue weighted by atomic mass is 32.2. The summed E-state index contributed by atoms with van der Waals surface area (Å²) in [5, 5.41) is 0. The maximum Gasteiger partial charge on any atom is 0.303 e. The Hall–Kier alpha value is -2.62. The van der Waals surface area contributed by atoms with Crippen molar-refractivity contribution in [2.45, 2.75) is 62.4 Å². The molecule has 1 aliphatic rings. The molecule has 15 heteroatoms. The Morgan fingerprint density at radius 3 is 1.92 bits per heavy atom. The van der Waals surface area contributed by atoms with Crippen molar-refractivity contribution in [3.63, 3.8) is 0 Å². The van der Waals surface area contributed by atoms with Crippen molar-refractivity contribution in [3.05, 3.63) is 30.3 Å². The molecule has 1 saturated heterocycles. The first-order valence-electron chi connectivity index (χ1n) is 10.7. The quantitative estimate of drug-likeness (QED) is 0.191. The van der Waals surface area contributed by atoms with E-state index in [4.69, 9.17) is 23.7 Å². The van der Waals surface area contributed by atoms with E-state index in [1.807, 2.05) is 0 Å². The molecule has 12 nitrogen and oxygen atoms in total. The summed E-state index contributed by atoms with van der Waals surface area (Å²) < 4.78 is 56.6. The minimum absolute atomic E-state index is 0.0183. The molecule has 0 spiro atoms. The van der Waals surface area contributed by atoms with Gasteiger partial charge in [-0.05, 0) is 18.4 Å². The highest BCUT2D eigenvalue weighted by Gasteiger charge is 2.52. The van der Waals surface area contributed by atoms with E-state index < -0.39 is 70.4 Å². The summed E-state index contributed by atoms with van der Waals surface area (Å²) in [6.07, 6.45) is -3.61. The fourth-order valence-electron chi connectivity index (χ4n) is 3.23. The third-order valence-corrected chi connectivity index (χ3v) is 8.23. The van der Waals surface area contributed by atoms with Gasteiger partial charge in [0.2, 0.25) is 0 Å². The van der Waals surface area contributed by atoms with Crippen molar-refractivity contribution in [3.8, 4) is 0 Å². The van der Waals surface area contributed by atoms with Crippen LogP contribution in [0, 0.1) is 0 Å². The van der Waals surface area contributed by atoms with Crippen molar-refractivity contribution in [2.75, 3.05) is 12.9 Å². The lowest BCUT2D eigenvalue weighted by Crippen LogP contribution is -2.61. The number of hydrogen-bond acceptors (Lipinski definition) is 13. The van der Waals surface area contributed by atoms with Crippen LogP contribution in [-0.2, 0) is 52.9 Å². The number of carbonyl (C=O) groups excluding carboxylic acids is 4. The van der Waals surface area contributed by atoms with Gasteiger partial charge >= 0.3 is 23.9 Å². The molecule has 5 atom stereocenters. The molecule has 1 aromatic carbocycles. The van der Waals surface area contributed by atoms with Gasteiger partial charge in [-0.1, -0.05) is 30.0 Å². The van der Waals surface area contributed by atoms with Gasteiger partial charge < -0.3 is 23.7 Å². The van der Waals surface area contributed by atoms with Gasteiger partial charge in [0.05, 0.1) is 4.90 Å². The van der Waals surface area contributed by atoms with Gasteiger partial charge in [0.15, 0.2) is 23.7 Å². The molecule has 1 aliphatic heterocycles. The summed E-state index contributed by atoms with van der Waals surface area (Å²) in [6, 6.07) is 7.53. The van der Waals surface area contributed by atoms with E-state index in [2.05, 4.69) is 4.40 Å². The molecule has 37 heavy (non-hydrogen) atoms. The maximum atomic E-state index is 12.8. The fourth-order valence-corrected chi connectivity index (χ4v) is 6.51. The molecule has 0 N–H and O–H groups in total. The van der Waals surface area contributed by atoms with Crippen LogP contribution in [0.2, 0.25) is 0 Å². The summed E-state index contributed by atoms with van der Waals surface area (Å²) in [4.78, 5) is 47.1. The van der Waals surface area contributed by atoms with Crippen molar-refractivity contribution >= 4 is 61.8 Å². The largest absolute Gasteiger partial charge is 0.463 e. The van der Waals surface area contributed by atoms with E-state index in [1.165, 1.54) is 12.1 Å². The molecule has 2 rings (SSSR count). The van der Waals surface area contributed by atoms with E-state index in [0.29, 0.717) is 0 Å². The van der Waals surface area contributed by atoms with E-state index in [1.54, 1.807) is 24.5 Å². The van der Waals surface area contributed by atoms with Gasteiger partial charge in [0.25, 0.3) is 10.0 Å². The maximum absolute atomic E-state index is 12.8. The zero-order valence-corrected chi connectivity index (χ0v) is 23.1. The van der Waals surface area contributed by atoms with E-state index >= 15 is 0 Å². The van der Waals surface area contributed by atoms with Gasteiger partial charge in [-0.2, -0.15) is 8.42 Å². The van der Waals surface area contributed by atoms with Gasteiger partial charge in [0.1, 0.15) is 17.1 Å². The number of hydrogen-bond donors (Lipinski definition) is 0. The van der Waals surface area contributed by atoms with Gasteiger partial charge in [-0.15, -0.1) is 16.2 Å². The first kappa shape index (κ1) is 30.6. The lowest BCUT2D eigenvalue weighted by Gasteiger charge is -2.44. The van der Waals surface area contributed by atoms with Crippen LogP contribution in [0.5, 0.6) is 0 Å². The average Bonchev–Trinajstić information content (AvgIpc) is 2.80. The molecule has 0 saturated carbocycles. The standard InChI is InChI=1S/C22H27NO11S3/c1-12(24)30-11-17-18(31-13(2)25)19(32-14(3)26)20(33-15(4)27)21(34-17)36-22(35-5)23-37(28,29)16-9-7-6-8-10-16/h6-10,17-21H,11H2,1-5H3/t17-,18-,19+,20-,21+/m0/s1. The summed E-state index contributed by atoms with van der Waals surface area (Å²) >= 11 is 1.78. The Labute approximate surface area is 222 Å². The SMILES string of the molecule is CSC(=NS(=O)(=O)c1ccccc1)S[C@H]1O[C@@H](COC(C)=O)[C@H](OC(C)=O)[C@@H](OC(C)=O)[C@@H]1OC(C)=O. The van der Waals surface area contributed by atoms with Crippen LogP contribution in [0.1, 0.15) is 27.7 Å². The Kier molecular flexibility index (Phi) is 11.4. The molecule has 0 unspecified atom stereocenters. The van der Waals surface area contributed by atoms with Crippen molar-refractivity contribution in [1.29, 1.82) is 0 Å². The van der Waals surface area contributed by atoms with Crippen LogP contribution in [-0.4, -0.2) is 79.4 Å². The van der Waals surface area contributed by atoms with Gasteiger partial charge in [-0.3, -0.25) is 19.2 Å². The minimum Gasteiger partial charge on any atom is -0.463 e. The van der Waals surface area contributed by atoms with Crippen molar-refractivity contribution < 1.29 is 51.3 Å². The molecular weight excluding hydrogens is 550 g/mol. The zero-order valence-electron chi connectivity index (χ0n) is 20.6. The second-order valence-corrected chi connectivity index (χ2v) is 11.3. The smallest absolute Gasteiger partial charge is 0.303 e. The normalized spacial score (nSPS) is 24.0. The number of carbonyl (C=O) groups is 4. The first-order valence-corrected chi connectivity index (χ1v) is 14.3. The summed E-state index contributed by atoms with van der Waals surface area (Å²) in [6.45, 7) is 4.09. The predicted molar refractivity (Wildman–Crippen MR) is 134 cm³/mol. The van der Waals surface area contributed by atoms with Crippen molar-refractivity contribution in [2.24, 2.45) is 4.40 Å². The fraction of sp³-hybridized carbons (Fsp3) is 0.500. The Morgan fingerprint density at radius 2 is 1.41 bits per heavy atom. The number of esters is 4. The average molecular weight is 578 g/mol. The third kappa shape index (κ3) is 9.32. The molecule has 0 radical (unpaired) electrons. The number of ether oxygens (including phenoxy) is 5. The molecule has 0 aliphatic carbocycles. The highest BCUT2D eigenvalue weighted by Crippen LogP contribution is 2.37. The number of nitrogens with zero attached hydrogens (tertiary/aromatic N) is 1. The topological polar surface area (TPSA) is 161 Å². The lowest BCUT2D eigenvalue weighted by molar-refractivity contribution is -0.237. The first-order chi connectivity index (χ1) is 17.3. The molecule has 1 heterocycles. The second kappa shape index (κ2) is 13.8. The highest BCUT2D eigenvalue weighted by molar-refractivity contribution is 8.39. The van der Waals surface area contributed by atoms with Crippen LogP contribution in [0.25, 0.3) is 0 Å². The van der Waals surface area contributed by atoms with Crippen LogP contribution in [0.15, 0.2) is 39.6 Å². The second-order valence-electron chi connectivity index (χ2n) is 7.53. The molecule has 0 bridgehead atoms. The molecule has 1 fully saturated rings. The monoisotopic (exact) mass is 577 g/mol. The zero-order chi connectivity index (χ0) is 27.8. The van der Waals surface area contributed by atoms with Crippen LogP contribution < -0.4 is 0 Å². The van der Waals surface area contributed by atoms with Crippen LogP contribution in [0.3, 0.4) is 0 Å². The predicted octanol–water partition coefficient (Wildman–Crippen LogP) is 1.91. The Balaban J connectivity index is 2.51. The Bertz CT molecular complexity index is 1120. The summed E-state index contributed by atoms with van der Waals surface area (Å²) in [5.74, 6) is -2.95. The Morgan fingerprint density at radius 1 is 0.865 bits per heavy atom. The van der Waals surface area contributed by atoms with Crippen LogP contribution in [0.4, 0.5) is 0 Å². The summed E-state index contributed by atoms with van der Waals surface area (Å²) in [5.41, 5.74) is -1.20. The van der Waals surface area contributed by atoms with E-state index in [0.717, 1.165) is 51.2 Å². The number of rotatable bonds is 8. The van der Waals surface area contributed by atoms with E-state index in [-0.39, 0.29) is 9.27 Å². The number of thioether (sulfide) groups is 2. The lowest BCUT2D eigenvalue weighted by atomic mass is 9.99. The molecular formula is C22H27NO11S3. The molecule has 1 aromatic rings. The molecule has 204 valence electrons. The van der Waals surface area contributed by atoms with Gasteiger partial charge in [0, 0.05) is 27.7 Å². The van der Waals surface area contributed by atoms with Crippen molar-refractivity contribution in [1.82, 2.24) is 0 Å². The van der Waals surface area contributed by atoms with Crippen LogP contribution >= 0.6 is 23.5 Å². The van der Waals surface area contributed by atoms with E-state index in [9.17, 15) is 27.6 Å². The minimum atomic E-state index is -4.10. The molecule has 0 aromatic heterocycles.